The van der Waals surface area contributed by atoms with Crippen molar-refractivity contribution < 1.29 is 9.53 Å². The number of carbonyl (C=O) groups is 1. The lowest BCUT2D eigenvalue weighted by atomic mass is 9.90. The van der Waals surface area contributed by atoms with E-state index >= 15 is 0 Å². The van der Waals surface area contributed by atoms with Crippen LogP contribution in [-0.2, 0) is 11.2 Å². The molecule has 20 heavy (non-hydrogen) atoms. The van der Waals surface area contributed by atoms with E-state index in [1.54, 1.807) is 7.11 Å². The molecule has 1 fully saturated rings. The number of likely N-dealkylation sites (tertiary alicyclic amines) is 1. The summed E-state index contributed by atoms with van der Waals surface area (Å²) in [6.07, 6.45) is 2.35. The summed E-state index contributed by atoms with van der Waals surface area (Å²) in [6, 6.07) is 7.89. The first kappa shape index (κ1) is 14.9. The predicted octanol–water partition coefficient (Wildman–Crippen LogP) is 1.83. The van der Waals surface area contributed by atoms with E-state index in [0.717, 1.165) is 31.7 Å². The number of rotatable bonds is 5. The van der Waals surface area contributed by atoms with Gasteiger partial charge in [0, 0.05) is 19.5 Å². The van der Waals surface area contributed by atoms with Gasteiger partial charge in [0.25, 0.3) is 0 Å². The first-order chi connectivity index (χ1) is 9.56. The summed E-state index contributed by atoms with van der Waals surface area (Å²) >= 11 is 0. The Kier molecular flexibility index (Phi) is 4.65. The Morgan fingerprint density at radius 3 is 2.65 bits per heavy atom. The van der Waals surface area contributed by atoms with Crippen molar-refractivity contribution in [3.63, 3.8) is 0 Å². The van der Waals surface area contributed by atoms with Crippen molar-refractivity contribution in [2.24, 2.45) is 11.1 Å². The Balaban J connectivity index is 1.83. The van der Waals surface area contributed by atoms with Gasteiger partial charge in [0.15, 0.2) is 0 Å². The van der Waals surface area contributed by atoms with Crippen LogP contribution in [0.25, 0.3) is 0 Å². The Hall–Kier alpha value is -1.55. The van der Waals surface area contributed by atoms with Crippen LogP contribution in [0.4, 0.5) is 0 Å². The number of benzene rings is 1. The van der Waals surface area contributed by atoms with Crippen LogP contribution in [0.3, 0.4) is 0 Å². The third kappa shape index (κ3) is 3.51. The first-order valence-corrected chi connectivity index (χ1v) is 7.17. The summed E-state index contributed by atoms with van der Waals surface area (Å²) in [5.41, 5.74) is 7.05. The van der Waals surface area contributed by atoms with Crippen LogP contribution >= 0.6 is 0 Å². The molecule has 1 aromatic carbocycles. The van der Waals surface area contributed by atoms with E-state index in [4.69, 9.17) is 10.5 Å². The standard InChI is InChI=1S/C16H24N2O2/c1-16(11-17)9-10-18(12-16)15(19)8-5-13-3-6-14(20-2)7-4-13/h3-4,6-7H,5,8-12,17H2,1-2H3. The smallest absolute Gasteiger partial charge is 0.222 e. The topological polar surface area (TPSA) is 55.6 Å². The van der Waals surface area contributed by atoms with Crippen molar-refractivity contribution in [1.82, 2.24) is 4.90 Å². The lowest BCUT2D eigenvalue weighted by Gasteiger charge is -2.22. The molecule has 1 saturated heterocycles. The van der Waals surface area contributed by atoms with Crippen LogP contribution < -0.4 is 10.5 Å². The van der Waals surface area contributed by atoms with Gasteiger partial charge >= 0.3 is 0 Å². The predicted molar refractivity (Wildman–Crippen MR) is 79.7 cm³/mol. The number of amides is 1. The van der Waals surface area contributed by atoms with E-state index in [0.29, 0.717) is 13.0 Å². The average Bonchev–Trinajstić information content (AvgIpc) is 2.89. The number of hydrogen-bond donors (Lipinski definition) is 1. The van der Waals surface area contributed by atoms with Crippen molar-refractivity contribution >= 4 is 5.91 Å². The average molecular weight is 276 g/mol. The monoisotopic (exact) mass is 276 g/mol. The SMILES string of the molecule is COc1ccc(CCC(=O)N2CCC(C)(CN)C2)cc1. The molecule has 4 nitrogen and oxygen atoms in total. The molecule has 1 unspecified atom stereocenters. The van der Waals surface area contributed by atoms with Crippen molar-refractivity contribution in [3.05, 3.63) is 29.8 Å². The highest BCUT2D eigenvalue weighted by molar-refractivity contribution is 5.76. The molecule has 2 rings (SSSR count). The Bertz CT molecular complexity index is 458. The fourth-order valence-electron chi connectivity index (χ4n) is 2.60. The largest absolute Gasteiger partial charge is 0.497 e. The van der Waals surface area contributed by atoms with Gasteiger partial charge in [-0.3, -0.25) is 4.79 Å². The van der Waals surface area contributed by atoms with Gasteiger partial charge in [0.05, 0.1) is 7.11 Å². The fraction of sp³-hybridized carbons (Fsp3) is 0.562. The second-order valence-electron chi connectivity index (χ2n) is 5.93. The van der Waals surface area contributed by atoms with E-state index in [1.807, 2.05) is 29.2 Å². The van der Waals surface area contributed by atoms with E-state index in [9.17, 15) is 4.79 Å². The summed E-state index contributed by atoms with van der Waals surface area (Å²) < 4.78 is 5.12. The van der Waals surface area contributed by atoms with Gasteiger partial charge in [-0.15, -0.1) is 0 Å². The summed E-state index contributed by atoms with van der Waals surface area (Å²) in [7, 11) is 1.65. The second-order valence-corrected chi connectivity index (χ2v) is 5.93. The molecule has 110 valence electrons. The molecule has 1 heterocycles. The van der Waals surface area contributed by atoms with Crippen LogP contribution in [0.2, 0.25) is 0 Å². The number of ether oxygens (including phenoxy) is 1. The van der Waals surface area contributed by atoms with Crippen LogP contribution in [-0.4, -0.2) is 37.6 Å². The van der Waals surface area contributed by atoms with E-state index < -0.39 is 0 Å². The molecular weight excluding hydrogens is 252 g/mol. The number of carbonyl (C=O) groups excluding carboxylic acids is 1. The molecule has 0 aliphatic carbocycles. The Morgan fingerprint density at radius 1 is 1.40 bits per heavy atom. The number of nitrogens with two attached hydrogens (primary N) is 1. The fourth-order valence-corrected chi connectivity index (χ4v) is 2.60. The first-order valence-electron chi connectivity index (χ1n) is 7.17. The molecule has 0 aromatic heterocycles. The highest BCUT2D eigenvalue weighted by atomic mass is 16.5. The van der Waals surface area contributed by atoms with Gasteiger partial charge in [0.2, 0.25) is 5.91 Å². The minimum absolute atomic E-state index is 0.107. The van der Waals surface area contributed by atoms with Crippen molar-refractivity contribution in [2.75, 3.05) is 26.7 Å². The third-order valence-corrected chi connectivity index (χ3v) is 4.19. The molecule has 2 N–H and O–H groups in total. The molecule has 1 amide bonds. The van der Waals surface area contributed by atoms with Gasteiger partial charge in [-0.05, 0) is 42.5 Å². The maximum Gasteiger partial charge on any atom is 0.222 e. The quantitative estimate of drug-likeness (QED) is 0.892. The van der Waals surface area contributed by atoms with Crippen molar-refractivity contribution in [3.8, 4) is 5.75 Å². The molecule has 1 aromatic rings. The molecule has 4 heteroatoms. The van der Waals surface area contributed by atoms with Gasteiger partial charge in [-0.1, -0.05) is 19.1 Å². The molecule has 1 aliphatic heterocycles. The highest BCUT2D eigenvalue weighted by Crippen LogP contribution is 2.28. The Labute approximate surface area is 120 Å². The third-order valence-electron chi connectivity index (χ3n) is 4.19. The van der Waals surface area contributed by atoms with Crippen LogP contribution in [0, 0.1) is 5.41 Å². The van der Waals surface area contributed by atoms with Gasteiger partial charge in [0.1, 0.15) is 5.75 Å². The summed E-state index contributed by atoms with van der Waals surface area (Å²) in [5, 5.41) is 0. The molecule has 0 bridgehead atoms. The van der Waals surface area contributed by atoms with E-state index in [1.165, 1.54) is 5.56 Å². The molecule has 1 atom stereocenters. The number of methoxy groups -OCH3 is 1. The normalized spacial score (nSPS) is 22.1. The van der Waals surface area contributed by atoms with Crippen LogP contribution in [0.1, 0.15) is 25.3 Å². The molecular formula is C16H24N2O2. The summed E-state index contributed by atoms with van der Waals surface area (Å²) in [4.78, 5) is 14.2. The van der Waals surface area contributed by atoms with Crippen LogP contribution in [0.5, 0.6) is 5.75 Å². The maximum absolute atomic E-state index is 12.2. The molecule has 0 radical (unpaired) electrons. The number of aryl methyl sites for hydroxylation is 1. The zero-order chi connectivity index (χ0) is 14.6. The van der Waals surface area contributed by atoms with Gasteiger partial charge in [-0.25, -0.2) is 0 Å². The second kappa shape index (κ2) is 6.27. The molecule has 0 spiro atoms. The van der Waals surface area contributed by atoms with Gasteiger partial charge < -0.3 is 15.4 Å². The zero-order valence-electron chi connectivity index (χ0n) is 12.4. The van der Waals surface area contributed by atoms with Crippen molar-refractivity contribution in [2.45, 2.75) is 26.2 Å². The minimum atomic E-state index is 0.107. The lowest BCUT2D eigenvalue weighted by Crippen LogP contribution is -2.34. The maximum atomic E-state index is 12.2. The van der Waals surface area contributed by atoms with E-state index in [-0.39, 0.29) is 11.3 Å². The van der Waals surface area contributed by atoms with Crippen LogP contribution in [0.15, 0.2) is 24.3 Å². The van der Waals surface area contributed by atoms with E-state index in [2.05, 4.69) is 6.92 Å². The minimum Gasteiger partial charge on any atom is -0.497 e. The van der Waals surface area contributed by atoms with Crippen molar-refractivity contribution in [1.29, 1.82) is 0 Å². The summed E-state index contributed by atoms with van der Waals surface area (Å²) in [6.45, 7) is 4.44. The molecule has 0 saturated carbocycles. The van der Waals surface area contributed by atoms with Gasteiger partial charge in [-0.2, -0.15) is 0 Å². The highest BCUT2D eigenvalue weighted by Gasteiger charge is 2.34. The zero-order valence-corrected chi connectivity index (χ0v) is 12.4. The Morgan fingerprint density at radius 2 is 2.10 bits per heavy atom. The lowest BCUT2D eigenvalue weighted by molar-refractivity contribution is -0.130. The summed E-state index contributed by atoms with van der Waals surface area (Å²) in [5.74, 6) is 1.08. The number of nitrogens with zero attached hydrogens (tertiary/aromatic N) is 1. The number of hydrogen-bond acceptors (Lipinski definition) is 3. The molecule has 1 aliphatic rings.